The van der Waals surface area contributed by atoms with E-state index in [-0.39, 0.29) is 19.0 Å². The smallest absolute Gasteiger partial charge is 0.193 e. The molecule has 0 aliphatic carbocycles. The Morgan fingerprint density at radius 1 is 1.64 bits per heavy atom. The van der Waals surface area contributed by atoms with Crippen LogP contribution in [0.2, 0.25) is 0 Å². The average Bonchev–Trinajstić information content (AvgIpc) is 2.31. The molecule has 0 fully saturated rings. The molecule has 1 heterocycles. The lowest BCUT2D eigenvalue weighted by molar-refractivity contribution is 0.548. The maximum atomic E-state index is 8.18. The lowest BCUT2D eigenvalue weighted by atomic mass is 10.5. The van der Waals surface area contributed by atoms with Crippen molar-refractivity contribution in [1.29, 1.82) is 5.26 Å². The van der Waals surface area contributed by atoms with Crippen LogP contribution >= 0.6 is 12.4 Å². The molecule has 1 rings (SSSR count). The molecule has 0 amide bonds. The molecular formula is C7H9ClN2O. The van der Waals surface area contributed by atoms with E-state index in [2.05, 4.69) is 5.32 Å². The van der Waals surface area contributed by atoms with Gasteiger partial charge in [0.2, 0.25) is 0 Å². The van der Waals surface area contributed by atoms with Gasteiger partial charge in [0.25, 0.3) is 0 Å². The van der Waals surface area contributed by atoms with Gasteiger partial charge in [0, 0.05) is 6.07 Å². The van der Waals surface area contributed by atoms with Crippen LogP contribution in [0.5, 0.6) is 0 Å². The van der Waals surface area contributed by atoms with Gasteiger partial charge in [-0.1, -0.05) is 0 Å². The van der Waals surface area contributed by atoms with E-state index in [0.29, 0.717) is 5.88 Å². The molecule has 4 heteroatoms. The first-order chi connectivity index (χ1) is 4.83. The van der Waals surface area contributed by atoms with Crippen LogP contribution in [0.1, 0.15) is 5.76 Å². The van der Waals surface area contributed by atoms with Crippen molar-refractivity contribution in [3.05, 3.63) is 17.9 Å². The predicted molar refractivity (Wildman–Crippen MR) is 44.8 cm³/mol. The van der Waals surface area contributed by atoms with Crippen molar-refractivity contribution in [2.24, 2.45) is 0 Å². The fourth-order valence-electron chi connectivity index (χ4n) is 0.656. The number of hydrogen-bond acceptors (Lipinski definition) is 3. The number of nitrogens with zero attached hydrogens (tertiary/aromatic N) is 1. The van der Waals surface area contributed by atoms with Crippen molar-refractivity contribution in [3.8, 4) is 6.07 Å². The van der Waals surface area contributed by atoms with Crippen LogP contribution in [0.15, 0.2) is 16.5 Å². The number of aryl methyl sites for hydroxylation is 1. The second-order valence-corrected chi connectivity index (χ2v) is 1.92. The second kappa shape index (κ2) is 4.64. The van der Waals surface area contributed by atoms with Crippen molar-refractivity contribution in [2.45, 2.75) is 6.92 Å². The number of hydrogen-bond donors (Lipinski definition) is 1. The Bertz CT molecular complexity index is 251. The second-order valence-electron chi connectivity index (χ2n) is 1.92. The number of furan rings is 1. The highest BCUT2D eigenvalue weighted by atomic mass is 35.5. The largest absolute Gasteiger partial charge is 0.446 e. The van der Waals surface area contributed by atoms with Gasteiger partial charge in [0.15, 0.2) is 5.88 Å². The molecule has 1 aromatic rings. The molecule has 11 heavy (non-hydrogen) atoms. The monoisotopic (exact) mass is 172 g/mol. The number of halogens is 1. The minimum absolute atomic E-state index is 0. The molecule has 0 radical (unpaired) electrons. The molecule has 0 bridgehead atoms. The summed E-state index contributed by atoms with van der Waals surface area (Å²) in [5.74, 6) is 1.50. The normalized spacial score (nSPS) is 8.00. The Balaban J connectivity index is 0.000001000. The SMILES string of the molecule is Cc1ccc(NCC#N)o1.Cl. The molecule has 0 aliphatic heterocycles. The van der Waals surface area contributed by atoms with Crippen LogP contribution < -0.4 is 5.32 Å². The van der Waals surface area contributed by atoms with Crippen molar-refractivity contribution < 1.29 is 4.42 Å². The average molecular weight is 173 g/mol. The maximum absolute atomic E-state index is 8.18. The third-order valence-corrected chi connectivity index (χ3v) is 1.08. The molecule has 0 atom stereocenters. The standard InChI is InChI=1S/C7H8N2O.ClH/c1-6-2-3-7(10-6)9-5-4-8;/h2-3,9H,5H2,1H3;1H. The fraction of sp³-hybridized carbons (Fsp3) is 0.286. The number of anilines is 1. The number of nitriles is 1. The van der Waals surface area contributed by atoms with E-state index in [1.165, 1.54) is 0 Å². The molecule has 1 N–H and O–H groups in total. The summed E-state index contributed by atoms with van der Waals surface area (Å²) in [6, 6.07) is 5.60. The van der Waals surface area contributed by atoms with E-state index >= 15 is 0 Å². The minimum atomic E-state index is 0. The van der Waals surface area contributed by atoms with Gasteiger partial charge in [0.1, 0.15) is 12.3 Å². The van der Waals surface area contributed by atoms with Crippen LogP contribution in [0.4, 0.5) is 5.88 Å². The third-order valence-electron chi connectivity index (χ3n) is 1.08. The summed E-state index contributed by atoms with van der Waals surface area (Å²) in [6.45, 7) is 2.14. The summed E-state index contributed by atoms with van der Waals surface area (Å²) in [5.41, 5.74) is 0. The Morgan fingerprint density at radius 3 is 2.82 bits per heavy atom. The van der Waals surface area contributed by atoms with Gasteiger partial charge in [0.05, 0.1) is 6.07 Å². The molecule has 3 nitrogen and oxygen atoms in total. The summed E-state index contributed by atoms with van der Waals surface area (Å²) in [7, 11) is 0. The van der Waals surface area contributed by atoms with Crippen molar-refractivity contribution in [3.63, 3.8) is 0 Å². The highest BCUT2D eigenvalue weighted by Crippen LogP contribution is 2.10. The molecule has 1 aromatic heterocycles. The number of rotatable bonds is 2. The van der Waals surface area contributed by atoms with Crippen LogP contribution in [0.25, 0.3) is 0 Å². The van der Waals surface area contributed by atoms with E-state index in [1.807, 2.05) is 19.1 Å². The topological polar surface area (TPSA) is 49.0 Å². The first-order valence-electron chi connectivity index (χ1n) is 3.00. The predicted octanol–water partition coefficient (Wildman–Crippen LogP) is 1.95. The lowest BCUT2D eigenvalue weighted by Gasteiger charge is -1.92. The molecule has 0 aliphatic rings. The first-order valence-corrected chi connectivity index (χ1v) is 3.00. The zero-order valence-electron chi connectivity index (χ0n) is 6.13. The van der Waals surface area contributed by atoms with Crippen LogP contribution in [-0.4, -0.2) is 6.54 Å². The first kappa shape index (κ1) is 9.86. The zero-order valence-corrected chi connectivity index (χ0v) is 6.94. The van der Waals surface area contributed by atoms with Crippen LogP contribution in [-0.2, 0) is 0 Å². The van der Waals surface area contributed by atoms with Gasteiger partial charge in [-0.25, -0.2) is 0 Å². The molecular weight excluding hydrogens is 164 g/mol. The van der Waals surface area contributed by atoms with E-state index in [1.54, 1.807) is 6.07 Å². The van der Waals surface area contributed by atoms with Crippen molar-refractivity contribution in [1.82, 2.24) is 0 Å². The highest BCUT2D eigenvalue weighted by Gasteiger charge is 1.93. The summed E-state index contributed by atoms with van der Waals surface area (Å²) in [6.07, 6.45) is 0. The number of nitrogens with one attached hydrogen (secondary N) is 1. The molecule has 0 aromatic carbocycles. The summed E-state index contributed by atoms with van der Waals surface area (Å²) in [5, 5.41) is 11.0. The van der Waals surface area contributed by atoms with E-state index in [0.717, 1.165) is 5.76 Å². The van der Waals surface area contributed by atoms with Gasteiger partial charge >= 0.3 is 0 Å². The minimum Gasteiger partial charge on any atom is -0.446 e. The summed E-state index contributed by atoms with van der Waals surface area (Å²) in [4.78, 5) is 0. The van der Waals surface area contributed by atoms with Gasteiger partial charge in [-0.05, 0) is 13.0 Å². The summed E-state index contributed by atoms with van der Waals surface area (Å²) < 4.78 is 5.12. The summed E-state index contributed by atoms with van der Waals surface area (Å²) >= 11 is 0. The molecule has 0 unspecified atom stereocenters. The highest BCUT2D eigenvalue weighted by molar-refractivity contribution is 5.85. The Labute approximate surface area is 71.4 Å². The van der Waals surface area contributed by atoms with E-state index in [9.17, 15) is 0 Å². The fourth-order valence-corrected chi connectivity index (χ4v) is 0.656. The van der Waals surface area contributed by atoms with Gasteiger partial charge in [-0.3, -0.25) is 0 Å². The third kappa shape index (κ3) is 2.96. The molecule has 0 saturated carbocycles. The molecule has 0 spiro atoms. The lowest BCUT2D eigenvalue weighted by Crippen LogP contribution is -1.95. The Morgan fingerprint density at radius 2 is 2.36 bits per heavy atom. The molecule has 0 saturated heterocycles. The molecule has 60 valence electrons. The van der Waals surface area contributed by atoms with Crippen molar-refractivity contribution >= 4 is 18.3 Å². The van der Waals surface area contributed by atoms with E-state index < -0.39 is 0 Å². The van der Waals surface area contributed by atoms with Crippen LogP contribution in [0.3, 0.4) is 0 Å². The van der Waals surface area contributed by atoms with Gasteiger partial charge in [-0.2, -0.15) is 5.26 Å². The van der Waals surface area contributed by atoms with Crippen molar-refractivity contribution in [2.75, 3.05) is 11.9 Å². The zero-order chi connectivity index (χ0) is 7.40. The Kier molecular flexibility index (Phi) is 4.16. The Hall–Kier alpha value is -1.14. The quantitative estimate of drug-likeness (QED) is 0.694. The van der Waals surface area contributed by atoms with Gasteiger partial charge in [-0.15, -0.1) is 12.4 Å². The maximum Gasteiger partial charge on any atom is 0.193 e. The van der Waals surface area contributed by atoms with E-state index in [4.69, 9.17) is 9.68 Å². The van der Waals surface area contributed by atoms with Crippen LogP contribution in [0, 0.1) is 18.3 Å². The van der Waals surface area contributed by atoms with Gasteiger partial charge < -0.3 is 9.73 Å².